The third kappa shape index (κ3) is 2.67. The second-order valence-electron chi connectivity index (χ2n) is 4.78. The molecule has 0 spiro atoms. The van der Waals surface area contributed by atoms with Crippen molar-refractivity contribution in [1.29, 1.82) is 0 Å². The molecule has 0 bridgehead atoms. The summed E-state index contributed by atoms with van der Waals surface area (Å²) >= 11 is 0. The highest BCUT2D eigenvalue weighted by molar-refractivity contribution is 5.76. The Kier molecular flexibility index (Phi) is 3.69. The van der Waals surface area contributed by atoms with Gasteiger partial charge in [0, 0.05) is 18.9 Å². The number of nitrogens with one attached hydrogen (secondary N) is 1. The van der Waals surface area contributed by atoms with Crippen LogP contribution in [0.5, 0.6) is 0 Å². The molecule has 2 aromatic heterocycles. The van der Waals surface area contributed by atoms with Crippen LogP contribution in [-0.2, 0) is 13.0 Å². The summed E-state index contributed by atoms with van der Waals surface area (Å²) in [6.45, 7) is 3.76. The van der Waals surface area contributed by atoms with E-state index in [0.717, 1.165) is 36.1 Å². The highest BCUT2D eigenvalue weighted by Crippen LogP contribution is 2.14. The van der Waals surface area contributed by atoms with E-state index in [1.54, 1.807) is 0 Å². The fraction of sp³-hybridized carbons (Fsp3) is 0.267. The molecule has 0 aliphatic heterocycles. The minimum Gasteiger partial charge on any atom is -0.312 e. The van der Waals surface area contributed by atoms with Crippen LogP contribution in [0.4, 0.5) is 0 Å². The number of benzene rings is 1. The summed E-state index contributed by atoms with van der Waals surface area (Å²) in [7, 11) is 0. The van der Waals surface area contributed by atoms with Crippen LogP contribution in [-0.4, -0.2) is 21.8 Å². The summed E-state index contributed by atoms with van der Waals surface area (Å²) < 4.78 is 4.76. The van der Waals surface area contributed by atoms with Crippen LogP contribution >= 0.6 is 0 Å². The molecule has 0 aliphatic rings. The molecule has 3 aromatic rings. The highest BCUT2D eigenvalue weighted by Gasteiger charge is 2.05. The maximum absolute atomic E-state index is 4.76. The molecule has 0 saturated carbocycles. The average molecular weight is 268 g/mol. The lowest BCUT2D eigenvalue weighted by atomic mass is 10.1. The maximum atomic E-state index is 4.76. The third-order valence-corrected chi connectivity index (χ3v) is 3.39. The Bertz CT molecular complexity index is 708. The fourth-order valence-electron chi connectivity index (χ4n) is 2.23. The number of hydrogen-bond donors (Lipinski definition) is 1. The first-order valence-corrected chi connectivity index (χ1v) is 6.65. The van der Waals surface area contributed by atoms with Gasteiger partial charge in [-0.1, -0.05) is 12.1 Å². The van der Waals surface area contributed by atoms with Gasteiger partial charge in [0.15, 0.2) is 0 Å². The number of fused-ring (bicyclic) bond motifs is 1. The van der Waals surface area contributed by atoms with E-state index in [0.29, 0.717) is 0 Å². The van der Waals surface area contributed by atoms with Crippen molar-refractivity contribution in [3.8, 4) is 0 Å². The molecule has 1 N–H and O–H groups in total. The molecule has 0 unspecified atom stereocenters. The molecule has 20 heavy (non-hydrogen) atoms. The molecule has 5 nitrogen and oxygen atoms in total. The molecule has 0 saturated heterocycles. The lowest BCUT2D eigenvalue weighted by Crippen LogP contribution is -2.17. The Morgan fingerprint density at radius 1 is 1.15 bits per heavy atom. The van der Waals surface area contributed by atoms with E-state index in [2.05, 4.69) is 33.6 Å². The number of pyridine rings is 1. The van der Waals surface area contributed by atoms with Gasteiger partial charge in [0.25, 0.3) is 0 Å². The monoisotopic (exact) mass is 268 g/mol. The van der Waals surface area contributed by atoms with Crippen molar-refractivity contribution in [1.82, 2.24) is 20.6 Å². The number of aromatic nitrogens is 3. The SMILES string of the molecule is Cc1cnccc1CCNCc1cccc2nonc12. The maximum Gasteiger partial charge on any atom is 0.139 e. The van der Waals surface area contributed by atoms with Crippen molar-refractivity contribution < 1.29 is 4.63 Å². The quantitative estimate of drug-likeness (QED) is 0.719. The van der Waals surface area contributed by atoms with E-state index in [4.69, 9.17) is 4.63 Å². The van der Waals surface area contributed by atoms with Gasteiger partial charge in [-0.3, -0.25) is 4.98 Å². The number of hydrogen-bond acceptors (Lipinski definition) is 5. The van der Waals surface area contributed by atoms with E-state index in [9.17, 15) is 0 Å². The van der Waals surface area contributed by atoms with Gasteiger partial charge in [-0.05, 0) is 59.0 Å². The van der Waals surface area contributed by atoms with Gasteiger partial charge in [-0.25, -0.2) is 4.63 Å². The topological polar surface area (TPSA) is 63.8 Å². The third-order valence-electron chi connectivity index (χ3n) is 3.39. The first kappa shape index (κ1) is 12.7. The Labute approximate surface area is 117 Å². The zero-order valence-electron chi connectivity index (χ0n) is 11.3. The van der Waals surface area contributed by atoms with Gasteiger partial charge >= 0.3 is 0 Å². The summed E-state index contributed by atoms with van der Waals surface area (Å²) in [6, 6.07) is 7.97. The smallest absolute Gasteiger partial charge is 0.139 e. The van der Waals surface area contributed by atoms with Crippen LogP contribution in [0.15, 0.2) is 41.3 Å². The molecule has 102 valence electrons. The Hall–Kier alpha value is -2.27. The zero-order valence-corrected chi connectivity index (χ0v) is 11.3. The summed E-state index contributed by atoms with van der Waals surface area (Å²) in [4.78, 5) is 4.10. The van der Waals surface area contributed by atoms with Gasteiger partial charge in [-0.2, -0.15) is 0 Å². The van der Waals surface area contributed by atoms with Crippen LogP contribution in [0.25, 0.3) is 11.0 Å². The lowest BCUT2D eigenvalue weighted by Gasteiger charge is -2.07. The van der Waals surface area contributed by atoms with Gasteiger partial charge in [0.2, 0.25) is 0 Å². The van der Waals surface area contributed by atoms with E-state index in [1.807, 2.05) is 30.6 Å². The van der Waals surface area contributed by atoms with Gasteiger partial charge in [0.05, 0.1) is 0 Å². The molecule has 0 amide bonds. The van der Waals surface area contributed by atoms with Crippen LogP contribution in [0, 0.1) is 6.92 Å². The predicted octanol–water partition coefficient (Wildman–Crippen LogP) is 2.26. The van der Waals surface area contributed by atoms with Gasteiger partial charge in [-0.15, -0.1) is 0 Å². The van der Waals surface area contributed by atoms with Crippen molar-refractivity contribution in [2.24, 2.45) is 0 Å². The van der Waals surface area contributed by atoms with Crippen molar-refractivity contribution in [3.63, 3.8) is 0 Å². The van der Waals surface area contributed by atoms with Crippen molar-refractivity contribution in [3.05, 3.63) is 53.3 Å². The van der Waals surface area contributed by atoms with Crippen LogP contribution < -0.4 is 5.32 Å². The van der Waals surface area contributed by atoms with Crippen molar-refractivity contribution in [2.75, 3.05) is 6.54 Å². The number of nitrogens with zero attached hydrogens (tertiary/aromatic N) is 3. The molecule has 0 aliphatic carbocycles. The summed E-state index contributed by atoms with van der Waals surface area (Å²) in [5, 5.41) is 11.2. The Morgan fingerprint density at radius 2 is 2.10 bits per heavy atom. The van der Waals surface area contributed by atoms with Crippen molar-refractivity contribution in [2.45, 2.75) is 19.9 Å². The van der Waals surface area contributed by atoms with Crippen molar-refractivity contribution >= 4 is 11.0 Å². The molecular weight excluding hydrogens is 252 g/mol. The minimum absolute atomic E-state index is 0.760. The number of rotatable bonds is 5. The number of aryl methyl sites for hydroxylation is 1. The van der Waals surface area contributed by atoms with Gasteiger partial charge in [0.1, 0.15) is 11.0 Å². The molecule has 2 heterocycles. The Balaban J connectivity index is 1.58. The van der Waals surface area contributed by atoms with E-state index in [1.165, 1.54) is 11.1 Å². The summed E-state index contributed by atoms with van der Waals surface area (Å²) in [5.41, 5.74) is 5.30. The predicted molar refractivity (Wildman–Crippen MR) is 76.2 cm³/mol. The molecular formula is C15H16N4O. The molecule has 5 heteroatoms. The first-order valence-electron chi connectivity index (χ1n) is 6.65. The molecule has 0 radical (unpaired) electrons. The van der Waals surface area contributed by atoms with E-state index < -0.39 is 0 Å². The fourth-order valence-corrected chi connectivity index (χ4v) is 2.23. The summed E-state index contributed by atoms with van der Waals surface area (Å²) in [5.74, 6) is 0. The minimum atomic E-state index is 0.760. The van der Waals surface area contributed by atoms with E-state index in [-0.39, 0.29) is 0 Å². The zero-order chi connectivity index (χ0) is 13.8. The van der Waals surface area contributed by atoms with Crippen LogP contribution in [0.2, 0.25) is 0 Å². The second kappa shape index (κ2) is 5.79. The second-order valence-corrected chi connectivity index (χ2v) is 4.78. The molecule has 1 aromatic carbocycles. The van der Waals surface area contributed by atoms with Crippen LogP contribution in [0.3, 0.4) is 0 Å². The first-order chi connectivity index (χ1) is 9.84. The molecule has 0 atom stereocenters. The molecule has 3 rings (SSSR count). The lowest BCUT2D eigenvalue weighted by molar-refractivity contribution is 0.315. The molecule has 0 fully saturated rings. The summed E-state index contributed by atoms with van der Waals surface area (Å²) in [6.07, 6.45) is 4.72. The standard InChI is InChI=1S/C15H16N4O/c1-11-9-16-7-5-12(11)6-8-17-10-13-3-2-4-14-15(13)19-20-18-14/h2-5,7,9,17H,6,8,10H2,1H3. The highest BCUT2D eigenvalue weighted by atomic mass is 16.6. The Morgan fingerprint density at radius 3 is 3.00 bits per heavy atom. The largest absolute Gasteiger partial charge is 0.312 e. The average Bonchev–Trinajstić information content (AvgIpc) is 2.94. The van der Waals surface area contributed by atoms with Crippen LogP contribution in [0.1, 0.15) is 16.7 Å². The van der Waals surface area contributed by atoms with Gasteiger partial charge < -0.3 is 5.32 Å². The van der Waals surface area contributed by atoms with E-state index >= 15 is 0 Å². The normalized spacial score (nSPS) is 11.1.